The fraction of sp³-hybridized carbons (Fsp3) is 0.235. The molecule has 2 atom stereocenters. The van der Waals surface area contributed by atoms with E-state index in [1.807, 2.05) is 30.3 Å². The van der Waals surface area contributed by atoms with E-state index < -0.39 is 28.7 Å². The van der Waals surface area contributed by atoms with E-state index in [-0.39, 0.29) is 4.90 Å². The van der Waals surface area contributed by atoms with Gasteiger partial charge in [-0.1, -0.05) is 30.3 Å². The lowest BCUT2D eigenvalue weighted by molar-refractivity contribution is 0.180. The fourth-order valence-corrected chi connectivity index (χ4v) is 3.11. The highest BCUT2D eigenvalue weighted by molar-refractivity contribution is 7.90. The predicted molar refractivity (Wildman–Crippen MR) is 86.1 cm³/mol. The van der Waals surface area contributed by atoms with Crippen molar-refractivity contribution in [3.63, 3.8) is 0 Å². The molecule has 0 fully saturated rings. The summed E-state index contributed by atoms with van der Waals surface area (Å²) in [6.07, 6.45) is 0.596. The maximum atomic E-state index is 13.3. The first kappa shape index (κ1) is 15.7. The molecule has 1 heterocycles. The molecular weight excluding hydrogens is 317 g/mol. The molecule has 0 bridgehead atoms. The van der Waals surface area contributed by atoms with Gasteiger partial charge in [0.1, 0.15) is 12.7 Å². The maximum Gasteiger partial charge on any atom is 0.217 e. The quantitative estimate of drug-likeness (QED) is 0.864. The maximum absolute atomic E-state index is 13.3. The van der Waals surface area contributed by atoms with E-state index in [0.717, 1.165) is 11.8 Å². The predicted octanol–water partition coefficient (Wildman–Crippen LogP) is 2.95. The Hall–Kier alpha value is -2.21. The molecule has 2 aromatic rings. The highest BCUT2D eigenvalue weighted by Gasteiger charge is 2.33. The van der Waals surface area contributed by atoms with Crippen LogP contribution >= 0.6 is 0 Å². The number of aliphatic imine (C=N–C) groups is 1. The lowest BCUT2D eigenvalue weighted by Crippen LogP contribution is -2.16. The molecule has 0 unspecified atom stereocenters. The molecule has 6 heteroatoms. The minimum atomic E-state index is -3.26. The van der Waals surface area contributed by atoms with Gasteiger partial charge in [-0.3, -0.25) is 0 Å². The van der Waals surface area contributed by atoms with Crippen molar-refractivity contribution < 1.29 is 17.5 Å². The van der Waals surface area contributed by atoms with Crippen LogP contribution in [0.3, 0.4) is 0 Å². The van der Waals surface area contributed by atoms with Gasteiger partial charge in [0.25, 0.3) is 0 Å². The molecule has 0 spiro atoms. The van der Waals surface area contributed by atoms with E-state index in [9.17, 15) is 12.8 Å². The van der Waals surface area contributed by atoms with Crippen LogP contribution in [0.5, 0.6) is 0 Å². The third-order valence-electron chi connectivity index (χ3n) is 3.69. The largest absolute Gasteiger partial charge is 0.467 e. The number of alkyl halides is 1. The van der Waals surface area contributed by atoms with Crippen LogP contribution in [-0.2, 0) is 14.6 Å². The summed E-state index contributed by atoms with van der Waals surface area (Å²) in [5.41, 5.74) is 1.50. The van der Waals surface area contributed by atoms with E-state index in [2.05, 4.69) is 4.99 Å². The molecule has 0 aromatic heterocycles. The number of rotatable bonds is 4. The van der Waals surface area contributed by atoms with Crippen LogP contribution in [0.2, 0.25) is 0 Å². The summed E-state index contributed by atoms with van der Waals surface area (Å²) < 4.78 is 42.1. The molecule has 2 aromatic carbocycles. The van der Waals surface area contributed by atoms with Gasteiger partial charge in [-0.25, -0.2) is 17.8 Å². The smallest absolute Gasteiger partial charge is 0.217 e. The average molecular weight is 333 g/mol. The highest BCUT2D eigenvalue weighted by atomic mass is 32.2. The summed E-state index contributed by atoms with van der Waals surface area (Å²) in [6.45, 7) is -0.644. The molecule has 4 nitrogen and oxygen atoms in total. The highest BCUT2D eigenvalue weighted by Crippen LogP contribution is 2.32. The molecule has 1 aliphatic rings. The summed E-state index contributed by atoms with van der Waals surface area (Å²) in [7, 11) is -3.26. The average Bonchev–Trinajstić information content (AvgIpc) is 2.99. The van der Waals surface area contributed by atoms with Gasteiger partial charge in [0, 0.05) is 11.8 Å². The molecule has 3 rings (SSSR count). The van der Waals surface area contributed by atoms with Gasteiger partial charge >= 0.3 is 0 Å². The summed E-state index contributed by atoms with van der Waals surface area (Å²) in [5.74, 6) is 0.408. The zero-order chi connectivity index (χ0) is 16.4. The number of hydrogen-bond acceptors (Lipinski definition) is 4. The lowest BCUT2D eigenvalue weighted by Gasteiger charge is -2.16. The first-order valence-corrected chi connectivity index (χ1v) is 9.04. The van der Waals surface area contributed by atoms with Crippen LogP contribution in [0.4, 0.5) is 4.39 Å². The van der Waals surface area contributed by atoms with Crippen molar-refractivity contribution in [2.75, 3.05) is 12.9 Å². The molecule has 23 heavy (non-hydrogen) atoms. The zero-order valence-corrected chi connectivity index (χ0v) is 13.3. The fourth-order valence-electron chi connectivity index (χ4n) is 2.48. The zero-order valence-electron chi connectivity index (χ0n) is 12.5. The Labute approximate surface area is 134 Å². The van der Waals surface area contributed by atoms with Crippen LogP contribution < -0.4 is 0 Å². The first-order chi connectivity index (χ1) is 11.0. The van der Waals surface area contributed by atoms with E-state index >= 15 is 0 Å². The summed E-state index contributed by atoms with van der Waals surface area (Å²) in [4.78, 5) is 4.53. The molecule has 0 saturated heterocycles. The van der Waals surface area contributed by atoms with Gasteiger partial charge < -0.3 is 4.74 Å². The van der Waals surface area contributed by atoms with Crippen LogP contribution in [-0.4, -0.2) is 33.3 Å². The van der Waals surface area contributed by atoms with Crippen molar-refractivity contribution in [1.82, 2.24) is 0 Å². The second kappa shape index (κ2) is 6.12. The summed E-state index contributed by atoms with van der Waals surface area (Å²) >= 11 is 0. The number of nitrogens with zero attached hydrogens (tertiary/aromatic N) is 1. The van der Waals surface area contributed by atoms with Crippen molar-refractivity contribution in [1.29, 1.82) is 0 Å². The van der Waals surface area contributed by atoms with Crippen molar-refractivity contribution in [3.05, 3.63) is 65.7 Å². The standard InChI is InChI=1S/C17H16FNO3S/c1-23(20,21)14-9-7-12(8-10-14)16-15(11-18)19-17(22-16)13-5-3-2-4-6-13/h2-10,15-16H,11H2,1H3/t15-,16-/m0/s1. The lowest BCUT2D eigenvalue weighted by atomic mass is 10.0. The Bertz CT molecular complexity index is 817. The van der Waals surface area contributed by atoms with E-state index in [1.165, 1.54) is 12.1 Å². The van der Waals surface area contributed by atoms with Crippen molar-refractivity contribution in [3.8, 4) is 0 Å². The molecule has 0 aliphatic carbocycles. The summed E-state index contributed by atoms with van der Waals surface area (Å²) in [6, 6.07) is 15.0. The Morgan fingerprint density at radius 2 is 1.74 bits per heavy atom. The van der Waals surface area contributed by atoms with Crippen LogP contribution in [0.1, 0.15) is 17.2 Å². The van der Waals surface area contributed by atoms with Crippen molar-refractivity contribution in [2.45, 2.75) is 17.0 Å². The minimum absolute atomic E-state index is 0.222. The molecular formula is C17H16FNO3S. The number of benzene rings is 2. The second-order valence-corrected chi connectivity index (χ2v) is 7.42. The van der Waals surface area contributed by atoms with Crippen LogP contribution in [0, 0.1) is 0 Å². The van der Waals surface area contributed by atoms with E-state index in [0.29, 0.717) is 11.5 Å². The molecule has 120 valence electrons. The normalized spacial score (nSPS) is 20.9. The molecule has 0 saturated carbocycles. The first-order valence-electron chi connectivity index (χ1n) is 7.15. The number of ether oxygens (including phenoxy) is 1. The van der Waals surface area contributed by atoms with E-state index in [1.54, 1.807) is 12.1 Å². The SMILES string of the molecule is CS(=O)(=O)c1ccc([C@@H]2OC(c3ccccc3)=N[C@H]2CF)cc1. The molecule has 0 N–H and O–H groups in total. The third-order valence-corrected chi connectivity index (χ3v) is 4.82. The van der Waals surface area contributed by atoms with Gasteiger partial charge in [0.15, 0.2) is 15.9 Å². The van der Waals surface area contributed by atoms with Crippen molar-refractivity contribution in [2.24, 2.45) is 4.99 Å². The summed E-state index contributed by atoms with van der Waals surface area (Å²) in [5, 5.41) is 0. The van der Waals surface area contributed by atoms with E-state index in [4.69, 9.17) is 4.74 Å². The number of hydrogen-bond donors (Lipinski definition) is 0. The third kappa shape index (κ3) is 3.27. The monoisotopic (exact) mass is 333 g/mol. The number of sulfone groups is 1. The molecule has 1 aliphatic heterocycles. The van der Waals surface area contributed by atoms with Gasteiger partial charge in [-0.05, 0) is 29.8 Å². The van der Waals surface area contributed by atoms with Gasteiger partial charge in [-0.15, -0.1) is 0 Å². The Balaban J connectivity index is 1.87. The van der Waals surface area contributed by atoms with Gasteiger partial charge in [-0.2, -0.15) is 0 Å². The molecule has 0 amide bonds. The minimum Gasteiger partial charge on any atom is -0.467 e. The Morgan fingerprint density at radius 1 is 1.09 bits per heavy atom. The Kier molecular flexibility index (Phi) is 4.17. The van der Waals surface area contributed by atoms with Gasteiger partial charge in [0.2, 0.25) is 5.90 Å². The Morgan fingerprint density at radius 3 is 2.30 bits per heavy atom. The topological polar surface area (TPSA) is 55.7 Å². The van der Waals surface area contributed by atoms with Crippen LogP contribution in [0.15, 0.2) is 64.5 Å². The number of halogens is 1. The molecule has 0 radical (unpaired) electrons. The van der Waals surface area contributed by atoms with Gasteiger partial charge in [0.05, 0.1) is 4.90 Å². The van der Waals surface area contributed by atoms with Crippen molar-refractivity contribution >= 4 is 15.7 Å². The van der Waals surface area contributed by atoms with Crippen LogP contribution in [0.25, 0.3) is 0 Å². The second-order valence-electron chi connectivity index (χ2n) is 5.40.